The maximum absolute atomic E-state index is 11.3. The molecule has 1 aliphatic rings. The van der Waals surface area contributed by atoms with Crippen LogP contribution in [0.2, 0.25) is 0 Å². The van der Waals surface area contributed by atoms with Gasteiger partial charge in [-0.1, -0.05) is 42.5 Å². The first-order chi connectivity index (χ1) is 21.8. The van der Waals surface area contributed by atoms with Gasteiger partial charge in [-0.05, 0) is 49.2 Å². The molecule has 0 radical (unpaired) electrons. The number of nitrogens with zero attached hydrogens (tertiary/aromatic N) is 5. The number of nitrogens with one attached hydrogen (secondary N) is 1. The number of aliphatic hydroxyl groups is 2. The summed E-state index contributed by atoms with van der Waals surface area (Å²) >= 11 is 0. The normalized spacial score (nSPS) is 20.5. The number of anilines is 1. The van der Waals surface area contributed by atoms with E-state index in [-0.39, 0.29) is 18.8 Å². The molecule has 2 aromatic carbocycles. The molecule has 240 valence electrons. The molecule has 0 bridgehead atoms. The van der Waals surface area contributed by atoms with E-state index >= 15 is 0 Å². The highest BCUT2D eigenvalue weighted by Gasteiger charge is 2.44. The number of nitrogens with two attached hydrogens (primary N) is 2. The van der Waals surface area contributed by atoms with Crippen molar-refractivity contribution in [3.63, 3.8) is 0 Å². The van der Waals surface area contributed by atoms with Gasteiger partial charge < -0.3 is 46.5 Å². The van der Waals surface area contributed by atoms with Crippen LogP contribution in [0.1, 0.15) is 30.2 Å². The summed E-state index contributed by atoms with van der Waals surface area (Å²) in [5.41, 5.74) is 14.6. The lowest BCUT2D eigenvalue weighted by atomic mass is 10.1. The fourth-order valence-corrected chi connectivity index (χ4v) is 5.31. The van der Waals surface area contributed by atoms with Crippen molar-refractivity contribution in [2.75, 3.05) is 31.9 Å². The second-order valence-corrected chi connectivity index (χ2v) is 11.1. The Morgan fingerprint density at radius 2 is 1.87 bits per heavy atom. The summed E-state index contributed by atoms with van der Waals surface area (Å²) in [4.78, 5) is 25.7. The average Bonchev–Trinajstić information content (AvgIpc) is 3.60. The molecule has 3 heterocycles. The highest BCUT2D eigenvalue weighted by molar-refractivity contribution is 5.81. The van der Waals surface area contributed by atoms with Crippen LogP contribution in [0.25, 0.3) is 11.2 Å². The summed E-state index contributed by atoms with van der Waals surface area (Å²) in [5.74, 6) is -0.0798. The first kappa shape index (κ1) is 32.2. The number of fused-ring (bicyclic) bond motifs is 1. The Balaban J connectivity index is 1.14. The Morgan fingerprint density at radius 1 is 1.07 bits per heavy atom. The van der Waals surface area contributed by atoms with Crippen LogP contribution >= 0.6 is 0 Å². The van der Waals surface area contributed by atoms with Crippen LogP contribution in [0, 0.1) is 0 Å². The Morgan fingerprint density at radius 3 is 2.67 bits per heavy atom. The van der Waals surface area contributed by atoms with E-state index in [1.165, 1.54) is 17.2 Å². The summed E-state index contributed by atoms with van der Waals surface area (Å²) in [6.07, 6.45) is -0.449. The SMILES string of the molecule is Nc1ncnc2c1ncn2[C@@H]1O[C@H](CN(CCCNCc2cccc(OCc3ccccc3)c2)CC[C@H](N)C(=O)O)[C@@H](O)[C@H]1O. The number of rotatable bonds is 16. The zero-order valence-corrected chi connectivity index (χ0v) is 24.9. The minimum atomic E-state index is -1.25. The van der Waals surface area contributed by atoms with Gasteiger partial charge in [0, 0.05) is 19.6 Å². The number of ether oxygens (including phenoxy) is 2. The Kier molecular flexibility index (Phi) is 10.9. The molecule has 0 spiro atoms. The number of carboxylic acid groups (broad SMARTS) is 1. The number of benzene rings is 2. The van der Waals surface area contributed by atoms with Crippen molar-refractivity contribution in [2.45, 2.75) is 56.6 Å². The summed E-state index contributed by atoms with van der Waals surface area (Å²) < 4.78 is 13.6. The van der Waals surface area contributed by atoms with E-state index in [1.54, 1.807) is 0 Å². The molecule has 8 N–H and O–H groups in total. The predicted octanol–water partition coefficient (Wildman–Crippen LogP) is 0.891. The number of carbonyl (C=O) groups is 1. The third-order valence-electron chi connectivity index (χ3n) is 7.81. The van der Waals surface area contributed by atoms with E-state index in [4.69, 9.17) is 20.9 Å². The minimum Gasteiger partial charge on any atom is -0.489 e. The van der Waals surface area contributed by atoms with Crippen molar-refractivity contribution < 1.29 is 29.6 Å². The minimum absolute atomic E-state index is 0.196. The van der Waals surface area contributed by atoms with Gasteiger partial charge in [-0.2, -0.15) is 0 Å². The Labute approximate surface area is 260 Å². The van der Waals surface area contributed by atoms with Crippen molar-refractivity contribution in [3.05, 3.63) is 78.4 Å². The molecule has 14 heteroatoms. The van der Waals surface area contributed by atoms with E-state index in [2.05, 4.69) is 20.3 Å². The van der Waals surface area contributed by atoms with Crippen LogP contribution < -0.4 is 21.5 Å². The van der Waals surface area contributed by atoms with Gasteiger partial charge in [0.2, 0.25) is 0 Å². The molecule has 5 rings (SSSR count). The molecule has 4 aromatic rings. The molecule has 2 aromatic heterocycles. The molecule has 0 aliphatic carbocycles. The van der Waals surface area contributed by atoms with Crippen molar-refractivity contribution >= 4 is 23.0 Å². The summed E-state index contributed by atoms with van der Waals surface area (Å²) in [7, 11) is 0. The van der Waals surface area contributed by atoms with Crippen molar-refractivity contribution in [1.29, 1.82) is 0 Å². The lowest BCUT2D eigenvalue weighted by molar-refractivity contribution is -0.138. The van der Waals surface area contributed by atoms with Crippen LogP contribution in [0.5, 0.6) is 5.75 Å². The number of aliphatic carboxylic acids is 1. The molecule has 5 atom stereocenters. The van der Waals surface area contributed by atoms with E-state index in [0.717, 1.165) is 23.3 Å². The fraction of sp³-hybridized carbons (Fsp3) is 0.419. The standard InChI is InChI=1S/C31H40N8O6/c32-23(31(42)43)10-13-38(12-5-11-34-15-21-8-4-9-22(14-21)44-17-20-6-2-1-3-7-20)16-24-26(40)27(41)30(45-24)39-19-37-25-28(33)35-18-36-29(25)39/h1-4,6-9,14,18-19,23-24,26-27,30,34,40-41H,5,10-13,15-17,32H2,(H,42,43)(H2,33,35,36)/t23-,24+,26+,27+,30+/m0/s1. The quantitative estimate of drug-likeness (QED) is 0.0964. The van der Waals surface area contributed by atoms with Crippen LogP contribution in [0.3, 0.4) is 0 Å². The van der Waals surface area contributed by atoms with Crippen molar-refractivity contribution in [3.8, 4) is 5.75 Å². The molecule has 45 heavy (non-hydrogen) atoms. The molecule has 0 unspecified atom stereocenters. The Hall–Kier alpha value is -4.18. The van der Waals surface area contributed by atoms with Gasteiger partial charge in [0.25, 0.3) is 0 Å². The van der Waals surface area contributed by atoms with Crippen molar-refractivity contribution in [2.24, 2.45) is 5.73 Å². The van der Waals surface area contributed by atoms with Crippen LogP contribution in [0.4, 0.5) is 5.82 Å². The number of carboxylic acids is 1. The molecular formula is C31H40N8O6. The van der Waals surface area contributed by atoms with Crippen LogP contribution in [0.15, 0.2) is 67.3 Å². The molecule has 1 fully saturated rings. The third-order valence-corrected chi connectivity index (χ3v) is 7.81. The number of nitrogen functional groups attached to an aromatic ring is 1. The Bertz CT molecular complexity index is 1540. The van der Waals surface area contributed by atoms with Gasteiger partial charge in [-0.25, -0.2) is 15.0 Å². The summed E-state index contributed by atoms with van der Waals surface area (Å²) in [5, 5.41) is 34.5. The number of aliphatic hydroxyl groups excluding tert-OH is 2. The molecule has 0 amide bonds. The number of imidazole rings is 1. The summed E-state index contributed by atoms with van der Waals surface area (Å²) in [6.45, 7) is 3.06. The monoisotopic (exact) mass is 620 g/mol. The molecule has 1 aliphatic heterocycles. The lowest BCUT2D eigenvalue weighted by Crippen LogP contribution is -2.43. The maximum atomic E-state index is 11.3. The zero-order chi connectivity index (χ0) is 31.8. The first-order valence-corrected chi connectivity index (χ1v) is 14.9. The van der Waals surface area contributed by atoms with E-state index < -0.39 is 36.6 Å². The molecule has 0 saturated carbocycles. The highest BCUT2D eigenvalue weighted by Crippen LogP contribution is 2.32. The van der Waals surface area contributed by atoms with Gasteiger partial charge in [-0.15, -0.1) is 0 Å². The van der Waals surface area contributed by atoms with Gasteiger partial charge in [0.15, 0.2) is 17.7 Å². The third kappa shape index (κ3) is 8.30. The van der Waals surface area contributed by atoms with Gasteiger partial charge in [0.05, 0.1) is 6.33 Å². The molecular weight excluding hydrogens is 580 g/mol. The summed E-state index contributed by atoms with van der Waals surface area (Å²) in [6, 6.07) is 16.9. The number of hydrogen-bond acceptors (Lipinski definition) is 12. The van der Waals surface area contributed by atoms with Gasteiger partial charge in [0.1, 0.15) is 48.6 Å². The topological polar surface area (TPSA) is 207 Å². The van der Waals surface area contributed by atoms with E-state index in [9.17, 15) is 20.1 Å². The van der Waals surface area contributed by atoms with Crippen LogP contribution in [-0.4, -0.2) is 96.2 Å². The second kappa shape index (κ2) is 15.2. The predicted molar refractivity (Wildman–Crippen MR) is 166 cm³/mol. The van der Waals surface area contributed by atoms with Crippen molar-refractivity contribution in [1.82, 2.24) is 29.7 Å². The first-order valence-electron chi connectivity index (χ1n) is 14.9. The van der Waals surface area contributed by atoms with E-state index in [0.29, 0.717) is 43.9 Å². The highest BCUT2D eigenvalue weighted by atomic mass is 16.6. The largest absolute Gasteiger partial charge is 0.489 e. The molecule has 1 saturated heterocycles. The zero-order valence-electron chi connectivity index (χ0n) is 24.9. The fourth-order valence-electron chi connectivity index (χ4n) is 5.31. The number of aromatic nitrogens is 4. The second-order valence-electron chi connectivity index (χ2n) is 11.1. The maximum Gasteiger partial charge on any atom is 0.320 e. The van der Waals surface area contributed by atoms with Gasteiger partial charge in [-0.3, -0.25) is 9.36 Å². The molecule has 14 nitrogen and oxygen atoms in total. The number of hydrogen-bond donors (Lipinski definition) is 6. The lowest BCUT2D eigenvalue weighted by Gasteiger charge is -2.27. The van der Waals surface area contributed by atoms with Crippen LogP contribution in [-0.2, 0) is 22.7 Å². The average molecular weight is 621 g/mol. The van der Waals surface area contributed by atoms with E-state index in [1.807, 2.05) is 59.5 Å². The smallest absolute Gasteiger partial charge is 0.320 e. The van der Waals surface area contributed by atoms with Gasteiger partial charge >= 0.3 is 5.97 Å².